The summed E-state index contributed by atoms with van der Waals surface area (Å²) in [5.74, 6) is -0.660. The molecule has 1 aromatic rings. The summed E-state index contributed by atoms with van der Waals surface area (Å²) in [5, 5.41) is 0. The van der Waals surface area contributed by atoms with Crippen LogP contribution >= 0.6 is 10.7 Å². The van der Waals surface area contributed by atoms with Gasteiger partial charge in [0.15, 0.2) is 5.82 Å². The van der Waals surface area contributed by atoms with E-state index in [0.29, 0.717) is 0 Å². The van der Waals surface area contributed by atoms with Gasteiger partial charge < -0.3 is 4.43 Å². The van der Waals surface area contributed by atoms with Gasteiger partial charge in [0.05, 0.1) is 4.90 Å². The van der Waals surface area contributed by atoms with Crippen LogP contribution in [0.25, 0.3) is 0 Å². The number of benzene rings is 1. The van der Waals surface area contributed by atoms with E-state index < -0.39 is 23.2 Å². The van der Waals surface area contributed by atoms with Crippen LogP contribution in [0.1, 0.15) is 0 Å². The van der Waals surface area contributed by atoms with Crippen LogP contribution in [0.2, 0.25) is 19.6 Å². The molecule has 0 saturated heterocycles. The minimum atomic E-state index is -3.90. The second-order valence-corrected chi connectivity index (χ2v) is 11.2. The summed E-state index contributed by atoms with van der Waals surface area (Å²) in [6.45, 7) is 5.70. The predicted octanol–water partition coefficient (Wildman–Crippen LogP) is 2.97. The van der Waals surface area contributed by atoms with Gasteiger partial charge in [-0.1, -0.05) is 0 Å². The first kappa shape index (κ1) is 13.5. The topological polar surface area (TPSA) is 43.4 Å². The zero-order chi connectivity index (χ0) is 12.6. The Morgan fingerprint density at radius 2 is 1.88 bits per heavy atom. The zero-order valence-electron chi connectivity index (χ0n) is 9.12. The molecule has 90 valence electrons. The number of halogens is 2. The second kappa shape index (κ2) is 4.35. The van der Waals surface area contributed by atoms with E-state index in [2.05, 4.69) is 0 Å². The molecular formula is C9H12ClFO3SSi. The number of hydrogen-bond acceptors (Lipinski definition) is 3. The van der Waals surface area contributed by atoms with Gasteiger partial charge in [-0.3, -0.25) is 0 Å². The van der Waals surface area contributed by atoms with E-state index in [4.69, 9.17) is 15.1 Å². The van der Waals surface area contributed by atoms with Crippen molar-refractivity contribution in [1.82, 2.24) is 0 Å². The highest BCUT2D eigenvalue weighted by Gasteiger charge is 2.20. The van der Waals surface area contributed by atoms with Gasteiger partial charge in [-0.25, -0.2) is 12.8 Å². The fourth-order valence-electron chi connectivity index (χ4n) is 1.05. The van der Waals surface area contributed by atoms with Gasteiger partial charge in [-0.05, 0) is 37.8 Å². The van der Waals surface area contributed by atoms with Crippen molar-refractivity contribution in [2.75, 3.05) is 0 Å². The van der Waals surface area contributed by atoms with Gasteiger partial charge in [0.1, 0.15) is 5.75 Å². The first-order valence-electron chi connectivity index (χ1n) is 4.53. The van der Waals surface area contributed by atoms with Crippen LogP contribution in [-0.2, 0) is 9.05 Å². The van der Waals surface area contributed by atoms with Gasteiger partial charge in [-0.15, -0.1) is 0 Å². The van der Waals surface area contributed by atoms with Crippen molar-refractivity contribution < 1.29 is 17.2 Å². The summed E-state index contributed by atoms with van der Waals surface area (Å²) < 4.78 is 40.8. The molecule has 0 aliphatic heterocycles. The molecule has 1 rings (SSSR count). The van der Waals surface area contributed by atoms with Crippen LogP contribution in [-0.4, -0.2) is 16.7 Å². The maximum Gasteiger partial charge on any atom is 0.261 e. The summed E-state index contributed by atoms with van der Waals surface area (Å²) in [6, 6.07) is 3.36. The Morgan fingerprint density at radius 1 is 1.31 bits per heavy atom. The molecule has 0 unspecified atom stereocenters. The molecule has 0 radical (unpaired) electrons. The molecule has 0 fully saturated rings. The summed E-state index contributed by atoms with van der Waals surface area (Å²) in [7, 11) is -0.724. The van der Waals surface area contributed by atoms with E-state index in [0.717, 1.165) is 6.07 Å². The average Bonchev–Trinajstić information content (AvgIpc) is 2.04. The molecule has 0 atom stereocenters. The van der Waals surface area contributed by atoms with Gasteiger partial charge >= 0.3 is 0 Å². The van der Waals surface area contributed by atoms with E-state index in [-0.39, 0.29) is 10.6 Å². The molecule has 0 aliphatic carbocycles. The van der Waals surface area contributed by atoms with Crippen LogP contribution in [0.3, 0.4) is 0 Å². The van der Waals surface area contributed by atoms with E-state index >= 15 is 0 Å². The lowest BCUT2D eigenvalue weighted by Crippen LogP contribution is -2.29. The van der Waals surface area contributed by atoms with Gasteiger partial charge in [0, 0.05) is 10.7 Å². The summed E-state index contributed by atoms with van der Waals surface area (Å²) in [6.07, 6.45) is 0. The Kier molecular flexibility index (Phi) is 3.66. The molecule has 0 spiro atoms. The third kappa shape index (κ3) is 3.77. The highest BCUT2D eigenvalue weighted by Crippen LogP contribution is 2.25. The molecule has 7 heteroatoms. The van der Waals surface area contributed by atoms with E-state index in [9.17, 15) is 12.8 Å². The smallest absolute Gasteiger partial charge is 0.261 e. The van der Waals surface area contributed by atoms with Crippen molar-refractivity contribution in [1.29, 1.82) is 0 Å². The molecule has 0 bridgehead atoms. The average molecular weight is 283 g/mol. The molecule has 0 saturated carbocycles. The lowest BCUT2D eigenvalue weighted by molar-refractivity contribution is 0.493. The van der Waals surface area contributed by atoms with Crippen LogP contribution in [0.4, 0.5) is 4.39 Å². The third-order valence-electron chi connectivity index (χ3n) is 1.60. The van der Waals surface area contributed by atoms with Crippen molar-refractivity contribution in [2.45, 2.75) is 24.5 Å². The molecule has 0 heterocycles. The van der Waals surface area contributed by atoms with Crippen molar-refractivity contribution in [3.63, 3.8) is 0 Å². The maximum absolute atomic E-state index is 13.5. The summed E-state index contributed by atoms with van der Waals surface area (Å²) in [5.41, 5.74) is 0. The SMILES string of the molecule is C[Si](C)(C)Oc1ccc(S(=O)(=O)Cl)cc1F. The molecule has 1 aromatic carbocycles. The lowest BCUT2D eigenvalue weighted by atomic mass is 10.3. The summed E-state index contributed by atoms with van der Waals surface area (Å²) >= 11 is 0. The predicted molar refractivity (Wildman–Crippen MR) is 63.4 cm³/mol. The Morgan fingerprint density at radius 3 is 2.25 bits per heavy atom. The Labute approximate surface area is 99.7 Å². The van der Waals surface area contributed by atoms with E-state index in [1.165, 1.54) is 12.1 Å². The fraction of sp³-hybridized carbons (Fsp3) is 0.333. The van der Waals surface area contributed by atoms with Crippen LogP contribution in [0.5, 0.6) is 5.75 Å². The number of hydrogen-bond donors (Lipinski definition) is 0. The van der Waals surface area contributed by atoms with Gasteiger partial charge in [0.25, 0.3) is 9.05 Å². The first-order chi connectivity index (χ1) is 7.09. The van der Waals surface area contributed by atoms with Crippen molar-refractivity contribution in [3.05, 3.63) is 24.0 Å². The largest absolute Gasteiger partial charge is 0.542 e. The Balaban J connectivity index is 3.11. The second-order valence-electron chi connectivity index (χ2n) is 4.24. The van der Waals surface area contributed by atoms with Crippen LogP contribution in [0, 0.1) is 5.82 Å². The maximum atomic E-state index is 13.5. The quantitative estimate of drug-likeness (QED) is 0.632. The number of rotatable bonds is 3. The van der Waals surface area contributed by atoms with Crippen molar-refractivity contribution in [3.8, 4) is 5.75 Å². The van der Waals surface area contributed by atoms with E-state index in [1.54, 1.807) is 0 Å². The zero-order valence-corrected chi connectivity index (χ0v) is 11.7. The molecular weight excluding hydrogens is 271 g/mol. The monoisotopic (exact) mass is 282 g/mol. The molecule has 16 heavy (non-hydrogen) atoms. The Bertz CT molecular complexity index is 496. The third-order valence-corrected chi connectivity index (χ3v) is 3.78. The standard InChI is InChI=1S/C9H12ClFO3SSi/c1-16(2,3)14-9-5-4-7(6-8(9)11)15(10,12)13/h4-6H,1-3H3. The van der Waals surface area contributed by atoms with E-state index in [1.807, 2.05) is 19.6 Å². The molecule has 0 amide bonds. The highest BCUT2D eigenvalue weighted by molar-refractivity contribution is 8.13. The normalized spacial score (nSPS) is 12.6. The molecule has 0 aromatic heterocycles. The summed E-state index contributed by atoms with van der Waals surface area (Å²) in [4.78, 5) is -0.269. The minimum Gasteiger partial charge on any atom is -0.542 e. The Hall–Kier alpha value is -0.593. The van der Waals surface area contributed by atoms with Crippen LogP contribution in [0.15, 0.2) is 23.1 Å². The van der Waals surface area contributed by atoms with Crippen LogP contribution < -0.4 is 4.43 Å². The molecule has 0 aliphatic rings. The lowest BCUT2D eigenvalue weighted by Gasteiger charge is -2.19. The minimum absolute atomic E-state index is 0.0585. The van der Waals surface area contributed by atoms with Crippen molar-refractivity contribution in [2.24, 2.45) is 0 Å². The fourth-order valence-corrected chi connectivity index (χ4v) is 2.63. The molecule has 0 N–H and O–H groups in total. The van der Waals surface area contributed by atoms with Gasteiger partial charge in [0.2, 0.25) is 8.32 Å². The first-order valence-corrected chi connectivity index (χ1v) is 10.2. The van der Waals surface area contributed by atoms with Crippen molar-refractivity contribution >= 4 is 28.1 Å². The highest BCUT2D eigenvalue weighted by atomic mass is 35.7. The van der Waals surface area contributed by atoms with Gasteiger partial charge in [-0.2, -0.15) is 0 Å². The molecule has 3 nitrogen and oxygen atoms in total.